The van der Waals surface area contributed by atoms with Crippen LogP contribution in [0.4, 0.5) is 4.39 Å². The number of halogens is 1. The van der Waals surface area contributed by atoms with Crippen LogP contribution in [0, 0.1) is 19.7 Å². The summed E-state index contributed by atoms with van der Waals surface area (Å²) < 4.78 is 23.2. The molecule has 0 bridgehead atoms. The quantitative estimate of drug-likeness (QED) is 0.219. The summed E-state index contributed by atoms with van der Waals surface area (Å²) in [5.41, 5.74) is 4.94. The van der Waals surface area contributed by atoms with Crippen molar-refractivity contribution in [2.24, 2.45) is 0 Å². The lowest BCUT2D eigenvalue weighted by molar-refractivity contribution is 0.0990. The van der Waals surface area contributed by atoms with E-state index < -0.39 is 5.82 Å². The Hall–Kier alpha value is -5.11. The molecule has 204 valence electrons. The van der Waals surface area contributed by atoms with Gasteiger partial charge in [0.05, 0.1) is 16.5 Å². The normalized spacial score (nSPS) is 11.3. The van der Waals surface area contributed by atoms with Crippen LogP contribution in [0.2, 0.25) is 0 Å². The van der Waals surface area contributed by atoms with E-state index in [0.29, 0.717) is 34.2 Å². The molecule has 1 N–H and O–H groups in total. The zero-order chi connectivity index (χ0) is 28.7. The molecule has 0 amide bonds. The Kier molecular flexibility index (Phi) is 6.67. The molecule has 3 aromatic heterocycles. The van der Waals surface area contributed by atoms with Crippen molar-refractivity contribution in [3.63, 3.8) is 0 Å². The van der Waals surface area contributed by atoms with E-state index in [2.05, 4.69) is 15.0 Å². The number of hydrogen-bond acceptors (Lipinski definition) is 5. The van der Waals surface area contributed by atoms with Gasteiger partial charge in [0, 0.05) is 35.8 Å². The number of H-pyrrole nitrogens is 1. The van der Waals surface area contributed by atoms with Gasteiger partial charge in [-0.2, -0.15) is 0 Å². The molecule has 0 radical (unpaired) electrons. The maximum Gasteiger partial charge on any atom is 0.232 e. The van der Waals surface area contributed by atoms with Gasteiger partial charge in [-0.1, -0.05) is 48.0 Å². The number of carbonyl (C=O) groups is 1. The number of benzene rings is 3. The molecule has 0 spiro atoms. The Balaban J connectivity index is 1.31. The van der Waals surface area contributed by atoms with Crippen molar-refractivity contribution in [2.45, 2.75) is 33.7 Å². The zero-order valence-electron chi connectivity index (χ0n) is 22.9. The number of hydrogen-bond donors (Lipinski definition) is 1. The molecule has 0 saturated heterocycles. The average molecular weight is 547 g/mol. The molecule has 3 aromatic carbocycles. The molecule has 6 aromatic rings. The van der Waals surface area contributed by atoms with Crippen LogP contribution in [0.15, 0.2) is 84.0 Å². The molecule has 3 heterocycles. The highest BCUT2D eigenvalue weighted by atomic mass is 19.1. The van der Waals surface area contributed by atoms with E-state index in [9.17, 15) is 9.59 Å². The number of aryl methyl sites for hydroxylation is 2. The lowest BCUT2D eigenvalue weighted by Gasteiger charge is -2.16. The smallest absolute Gasteiger partial charge is 0.232 e. The van der Waals surface area contributed by atoms with Gasteiger partial charge in [0.1, 0.15) is 12.0 Å². The third-order valence-corrected chi connectivity index (χ3v) is 7.36. The van der Waals surface area contributed by atoms with E-state index >= 15 is 4.39 Å². The number of aromatic amines is 1. The second-order valence-corrected chi connectivity index (χ2v) is 9.99. The Bertz CT molecular complexity index is 2010. The molecule has 0 aliphatic heterocycles. The first-order chi connectivity index (χ1) is 19.9. The number of aromatic nitrogens is 4. The minimum absolute atomic E-state index is 0.0351. The van der Waals surface area contributed by atoms with E-state index in [-0.39, 0.29) is 34.8 Å². The maximum absolute atomic E-state index is 15.3. The molecular weight excluding hydrogens is 519 g/mol. The van der Waals surface area contributed by atoms with Crippen molar-refractivity contribution in [3.8, 4) is 22.8 Å². The summed E-state index contributed by atoms with van der Waals surface area (Å²) in [4.78, 5) is 38.5. The lowest BCUT2D eigenvalue weighted by atomic mass is 9.98. The highest BCUT2D eigenvalue weighted by Gasteiger charge is 2.21. The zero-order valence-corrected chi connectivity index (χ0v) is 22.9. The first-order valence-corrected chi connectivity index (χ1v) is 13.4. The number of rotatable bonds is 7. The SMILES string of the molecule is CCn1c(C)c(C(=O)Cc2ccc(Oc3ncnc4[nH]cc(-c5ccccc5)c34)c(F)c2)c(=O)c2cc(C)ccc21. The van der Waals surface area contributed by atoms with Gasteiger partial charge in [0.25, 0.3) is 0 Å². The molecule has 41 heavy (non-hydrogen) atoms. The van der Waals surface area contributed by atoms with Crippen molar-refractivity contribution in [1.29, 1.82) is 0 Å². The first kappa shape index (κ1) is 26.1. The van der Waals surface area contributed by atoms with Gasteiger partial charge in [0.2, 0.25) is 5.88 Å². The van der Waals surface area contributed by atoms with E-state index in [0.717, 1.165) is 22.2 Å². The number of nitrogens with one attached hydrogen (secondary N) is 1. The number of pyridine rings is 1. The average Bonchev–Trinajstić information content (AvgIpc) is 3.41. The summed E-state index contributed by atoms with van der Waals surface area (Å²) in [6, 6.07) is 19.7. The van der Waals surface area contributed by atoms with E-state index in [4.69, 9.17) is 4.74 Å². The van der Waals surface area contributed by atoms with Gasteiger partial charge >= 0.3 is 0 Å². The van der Waals surface area contributed by atoms with E-state index in [1.165, 1.54) is 18.5 Å². The fraction of sp³-hybridized carbons (Fsp3) is 0.152. The molecule has 8 heteroatoms. The third kappa shape index (κ3) is 4.67. The van der Waals surface area contributed by atoms with Gasteiger partial charge in [-0.05, 0) is 56.2 Å². The fourth-order valence-corrected chi connectivity index (χ4v) is 5.39. The van der Waals surface area contributed by atoms with E-state index in [1.54, 1.807) is 13.0 Å². The molecule has 0 aliphatic carbocycles. The van der Waals surface area contributed by atoms with Crippen LogP contribution in [0.25, 0.3) is 33.1 Å². The first-order valence-electron chi connectivity index (χ1n) is 13.4. The summed E-state index contributed by atoms with van der Waals surface area (Å²) in [6.45, 7) is 6.27. The van der Waals surface area contributed by atoms with Gasteiger partial charge in [-0.3, -0.25) is 9.59 Å². The molecule has 0 unspecified atom stereocenters. The van der Waals surface area contributed by atoms with Crippen LogP contribution < -0.4 is 10.2 Å². The monoisotopic (exact) mass is 546 g/mol. The Morgan fingerprint density at radius 1 is 1.02 bits per heavy atom. The summed E-state index contributed by atoms with van der Waals surface area (Å²) in [5.74, 6) is -0.827. The highest BCUT2D eigenvalue weighted by Crippen LogP contribution is 2.36. The minimum atomic E-state index is -0.643. The minimum Gasteiger partial charge on any atom is -0.435 e. The lowest BCUT2D eigenvalue weighted by Crippen LogP contribution is -2.24. The summed E-state index contributed by atoms with van der Waals surface area (Å²) in [7, 11) is 0. The van der Waals surface area contributed by atoms with Crippen LogP contribution in [0.1, 0.15) is 34.1 Å². The Morgan fingerprint density at radius 3 is 2.59 bits per heavy atom. The summed E-state index contributed by atoms with van der Waals surface area (Å²) in [5, 5.41) is 1.14. The summed E-state index contributed by atoms with van der Waals surface area (Å²) in [6.07, 6.45) is 3.04. The summed E-state index contributed by atoms with van der Waals surface area (Å²) >= 11 is 0. The van der Waals surface area contributed by atoms with Gasteiger partial charge < -0.3 is 14.3 Å². The van der Waals surface area contributed by atoms with Crippen molar-refractivity contribution in [3.05, 3.63) is 118 Å². The van der Waals surface area contributed by atoms with Crippen molar-refractivity contribution in [2.75, 3.05) is 0 Å². The van der Waals surface area contributed by atoms with E-state index in [1.807, 2.05) is 73.1 Å². The number of ketones is 1. The van der Waals surface area contributed by atoms with Crippen LogP contribution in [-0.2, 0) is 13.0 Å². The van der Waals surface area contributed by atoms with Crippen LogP contribution >= 0.6 is 0 Å². The standard InChI is InChI=1S/C33H27FN4O3/c1-4-38-20(3)29(31(40)23-14-19(2)10-12-26(23)38)27(39)16-21-11-13-28(25(34)15-21)41-33-30-24(22-8-6-5-7-9-22)17-35-32(30)36-18-37-33/h5-15,17-18H,4,16H2,1-3H3,(H,35,36,37). The van der Waals surface area contributed by atoms with Crippen LogP contribution in [0.5, 0.6) is 11.6 Å². The molecule has 0 saturated carbocycles. The highest BCUT2D eigenvalue weighted by molar-refractivity contribution is 6.01. The van der Waals surface area contributed by atoms with Crippen molar-refractivity contribution < 1.29 is 13.9 Å². The molecule has 7 nitrogen and oxygen atoms in total. The largest absolute Gasteiger partial charge is 0.435 e. The second-order valence-electron chi connectivity index (χ2n) is 9.99. The third-order valence-electron chi connectivity index (χ3n) is 7.36. The van der Waals surface area contributed by atoms with Gasteiger partial charge in [-0.25, -0.2) is 14.4 Å². The predicted molar refractivity (Wildman–Crippen MR) is 157 cm³/mol. The second kappa shape index (κ2) is 10.5. The number of nitrogens with zero attached hydrogens (tertiary/aromatic N) is 3. The molecular formula is C33H27FN4O3. The molecule has 0 aliphatic rings. The molecule has 0 fully saturated rings. The topological polar surface area (TPSA) is 89.9 Å². The molecule has 0 atom stereocenters. The number of carbonyl (C=O) groups excluding carboxylic acids is 1. The maximum atomic E-state index is 15.3. The number of fused-ring (bicyclic) bond motifs is 2. The predicted octanol–water partition coefficient (Wildman–Crippen LogP) is 6.93. The number of ether oxygens (including phenoxy) is 1. The van der Waals surface area contributed by atoms with Crippen LogP contribution in [-0.4, -0.2) is 25.3 Å². The Labute approximate surface area is 235 Å². The molecule has 6 rings (SSSR count). The van der Waals surface area contributed by atoms with Gasteiger partial charge in [-0.15, -0.1) is 0 Å². The van der Waals surface area contributed by atoms with Crippen LogP contribution in [0.3, 0.4) is 0 Å². The Morgan fingerprint density at radius 2 is 1.83 bits per heavy atom. The fourth-order valence-electron chi connectivity index (χ4n) is 5.39. The van der Waals surface area contributed by atoms with Gasteiger partial charge in [0.15, 0.2) is 22.8 Å². The number of Topliss-reactive ketones (excluding diaryl/α,β-unsaturated/α-hetero) is 1. The van der Waals surface area contributed by atoms with Crippen molar-refractivity contribution >= 4 is 27.7 Å². The van der Waals surface area contributed by atoms with Crippen molar-refractivity contribution in [1.82, 2.24) is 19.5 Å².